The fourth-order valence-electron chi connectivity index (χ4n) is 3.00. The Balaban J connectivity index is 2.19. The van der Waals surface area contributed by atoms with Crippen LogP contribution in [-0.4, -0.2) is 16.7 Å². The van der Waals surface area contributed by atoms with Crippen molar-refractivity contribution in [3.8, 4) is 0 Å². The summed E-state index contributed by atoms with van der Waals surface area (Å²) in [5.41, 5.74) is 9.24. The molecule has 2 rings (SSSR count). The van der Waals surface area contributed by atoms with Gasteiger partial charge in [-0.1, -0.05) is 18.2 Å². The largest absolute Gasteiger partial charge is 0.389 e. The molecular formula is C15H23NO. The second kappa shape index (κ2) is 4.79. The van der Waals surface area contributed by atoms with Crippen molar-refractivity contribution in [1.82, 2.24) is 0 Å². The maximum atomic E-state index is 10.7. The van der Waals surface area contributed by atoms with Crippen molar-refractivity contribution >= 4 is 0 Å². The first kappa shape index (κ1) is 12.6. The Bertz CT molecular complexity index is 382. The molecule has 1 aromatic rings. The molecule has 2 nitrogen and oxygen atoms in total. The van der Waals surface area contributed by atoms with E-state index in [-0.39, 0.29) is 6.04 Å². The fraction of sp³-hybridized carbons (Fsp3) is 0.600. The van der Waals surface area contributed by atoms with E-state index in [1.54, 1.807) is 0 Å². The van der Waals surface area contributed by atoms with Crippen LogP contribution in [0.1, 0.15) is 42.4 Å². The number of hydrogen-bond donors (Lipinski definition) is 2. The molecule has 0 radical (unpaired) electrons. The van der Waals surface area contributed by atoms with E-state index in [0.717, 1.165) is 32.1 Å². The van der Waals surface area contributed by atoms with E-state index >= 15 is 0 Å². The Morgan fingerprint density at radius 1 is 1.35 bits per heavy atom. The number of hydrogen-bond acceptors (Lipinski definition) is 2. The molecule has 1 aromatic carbocycles. The van der Waals surface area contributed by atoms with Crippen molar-refractivity contribution < 1.29 is 5.11 Å². The minimum absolute atomic E-state index is 0.165. The summed E-state index contributed by atoms with van der Waals surface area (Å²) in [5, 5.41) is 10.7. The normalized spacial score (nSPS) is 29.3. The molecule has 0 spiro atoms. The van der Waals surface area contributed by atoms with Crippen molar-refractivity contribution in [3.05, 3.63) is 34.9 Å². The molecule has 1 fully saturated rings. The highest BCUT2D eigenvalue weighted by Crippen LogP contribution is 2.32. The van der Waals surface area contributed by atoms with Crippen molar-refractivity contribution in [2.75, 3.05) is 0 Å². The summed E-state index contributed by atoms with van der Waals surface area (Å²) in [6.45, 7) is 4.24. The molecule has 2 atom stereocenters. The van der Waals surface area contributed by atoms with Crippen LogP contribution < -0.4 is 5.73 Å². The van der Waals surface area contributed by atoms with E-state index < -0.39 is 5.60 Å². The Morgan fingerprint density at radius 2 is 2.00 bits per heavy atom. The van der Waals surface area contributed by atoms with Crippen molar-refractivity contribution in [1.29, 1.82) is 0 Å². The predicted molar refractivity (Wildman–Crippen MR) is 71.0 cm³/mol. The van der Waals surface area contributed by atoms with Crippen molar-refractivity contribution in [3.63, 3.8) is 0 Å². The van der Waals surface area contributed by atoms with Gasteiger partial charge in [-0.3, -0.25) is 0 Å². The summed E-state index contributed by atoms with van der Waals surface area (Å²) in [6, 6.07) is 6.48. The second-order valence-corrected chi connectivity index (χ2v) is 5.63. The van der Waals surface area contributed by atoms with E-state index in [2.05, 4.69) is 32.0 Å². The highest BCUT2D eigenvalue weighted by atomic mass is 16.3. The number of aliphatic hydroxyl groups is 1. The van der Waals surface area contributed by atoms with Gasteiger partial charge in [0.05, 0.1) is 5.60 Å². The van der Waals surface area contributed by atoms with E-state index in [1.165, 1.54) is 16.7 Å². The van der Waals surface area contributed by atoms with Gasteiger partial charge in [-0.25, -0.2) is 0 Å². The molecule has 0 aliphatic heterocycles. The first-order valence-corrected chi connectivity index (χ1v) is 6.53. The van der Waals surface area contributed by atoms with Gasteiger partial charge in [-0.15, -0.1) is 0 Å². The molecule has 94 valence electrons. The highest BCUT2D eigenvalue weighted by molar-refractivity contribution is 5.34. The maximum absolute atomic E-state index is 10.7. The topological polar surface area (TPSA) is 46.2 Å². The van der Waals surface area contributed by atoms with Gasteiger partial charge < -0.3 is 10.8 Å². The number of nitrogens with two attached hydrogens (primary N) is 1. The summed E-state index contributed by atoms with van der Waals surface area (Å²) in [6.07, 6.45) is 4.46. The van der Waals surface area contributed by atoms with Crippen LogP contribution in [0.3, 0.4) is 0 Å². The Labute approximate surface area is 104 Å². The number of rotatable bonds is 2. The molecule has 1 saturated carbocycles. The molecule has 0 saturated heterocycles. The Kier molecular flexibility index (Phi) is 3.55. The van der Waals surface area contributed by atoms with Crippen LogP contribution in [0.15, 0.2) is 18.2 Å². The molecule has 0 aromatic heterocycles. The smallest absolute Gasteiger partial charge is 0.0702 e. The zero-order valence-corrected chi connectivity index (χ0v) is 10.9. The summed E-state index contributed by atoms with van der Waals surface area (Å²) >= 11 is 0. The lowest BCUT2D eigenvalue weighted by Crippen LogP contribution is -2.43. The molecule has 1 aliphatic rings. The minimum atomic E-state index is -0.589. The third kappa shape index (κ3) is 2.88. The van der Waals surface area contributed by atoms with Gasteiger partial charge >= 0.3 is 0 Å². The molecule has 0 bridgehead atoms. The zero-order chi connectivity index (χ0) is 12.5. The third-order valence-electron chi connectivity index (χ3n) is 4.01. The summed E-state index contributed by atoms with van der Waals surface area (Å²) in [5.74, 6) is 0. The van der Waals surface area contributed by atoms with Crippen LogP contribution in [0.2, 0.25) is 0 Å². The molecule has 3 N–H and O–H groups in total. The lowest BCUT2D eigenvalue weighted by Gasteiger charge is -2.36. The molecule has 1 aliphatic carbocycles. The molecule has 0 amide bonds. The van der Waals surface area contributed by atoms with Gasteiger partial charge in [-0.05, 0) is 56.2 Å². The van der Waals surface area contributed by atoms with Gasteiger partial charge in [0.1, 0.15) is 0 Å². The van der Waals surface area contributed by atoms with E-state index in [1.807, 2.05) is 0 Å². The average molecular weight is 233 g/mol. The van der Waals surface area contributed by atoms with Gasteiger partial charge in [0.25, 0.3) is 0 Å². The van der Waals surface area contributed by atoms with Crippen LogP contribution in [-0.2, 0) is 6.42 Å². The van der Waals surface area contributed by atoms with Crippen LogP contribution >= 0.6 is 0 Å². The van der Waals surface area contributed by atoms with Gasteiger partial charge in [0.15, 0.2) is 0 Å². The first-order chi connectivity index (χ1) is 8.00. The predicted octanol–water partition coefficient (Wildman–Crippen LogP) is 2.48. The van der Waals surface area contributed by atoms with Crippen LogP contribution in [0.5, 0.6) is 0 Å². The SMILES string of the molecule is Cc1cccc(C)c1CC1(O)CCCC(N)C1. The molecule has 17 heavy (non-hydrogen) atoms. The highest BCUT2D eigenvalue weighted by Gasteiger charge is 2.33. The van der Waals surface area contributed by atoms with E-state index in [9.17, 15) is 5.11 Å². The number of aryl methyl sites for hydroxylation is 2. The lowest BCUT2D eigenvalue weighted by atomic mass is 9.77. The zero-order valence-electron chi connectivity index (χ0n) is 10.9. The molecule has 0 heterocycles. The summed E-state index contributed by atoms with van der Waals surface area (Å²) < 4.78 is 0. The quantitative estimate of drug-likeness (QED) is 0.824. The standard InChI is InChI=1S/C15H23NO/c1-11-5-3-6-12(2)14(11)10-15(17)8-4-7-13(16)9-15/h3,5-6,13,17H,4,7-10,16H2,1-2H3. The van der Waals surface area contributed by atoms with Gasteiger partial charge in [-0.2, -0.15) is 0 Å². The minimum Gasteiger partial charge on any atom is -0.389 e. The lowest BCUT2D eigenvalue weighted by molar-refractivity contribution is -0.00215. The number of benzene rings is 1. The monoisotopic (exact) mass is 233 g/mol. The Hall–Kier alpha value is -0.860. The van der Waals surface area contributed by atoms with Crippen LogP contribution in [0.4, 0.5) is 0 Å². The van der Waals surface area contributed by atoms with Gasteiger partial charge in [0.2, 0.25) is 0 Å². The summed E-state index contributed by atoms with van der Waals surface area (Å²) in [4.78, 5) is 0. The van der Waals surface area contributed by atoms with Gasteiger partial charge in [0, 0.05) is 12.5 Å². The summed E-state index contributed by atoms with van der Waals surface area (Å²) in [7, 11) is 0. The average Bonchev–Trinajstić information content (AvgIpc) is 2.23. The fourth-order valence-corrected chi connectivity index (χ4v) is 3.00. The van der Waals surface area contributed by atoms with E-state index in [0.29, 0.717) is 0 Å². The van der Waals surface area contributed by atoms with Crippen molar-refractivity contribution in [2.45, 2.75) is 57.6 Å². The van der Waals surface area contributed by atoms with Crippen LogP contribution in [0, 0.1) is 13.8 Å². The van der Waals surface area contributed by atoms with E-state index in [4.69, 9.17) is 5.73 Å². The molecular weight excluding hydrogens is 210 g/mol. The second-order valence-electron chi connectivity index (χ2n) is 5.63. The van der Waals surface area contributed by atoms with Crippen LogP contribution in [0.25, 0.3) is 0 Å². The Morgan fingerprint density at radius 3 is 2.59 bits per heavy atom. The first-order valence-electron chi connectivity index (χ1n) is 6.53. The molecule has 2 unspecified atom stereocenters. The van der Waals surface area contributed by atoms with Crippen molar-refractivity contribution in [2.24, 2.45) is 5.73 Å². The third-order valence-corrected chi connectivity index (χ3v) is 4.01. The maximum Gasteiger partial charge on any atom is 0.0702 e. The molecule has 2 heteroatoms.